The Bertz CT molecular complexity index is 212. The third-order valence-electron chi connectivity index (χ3n) is 2.73. The number of carbonyl (C=O) groups excluding carboxylic acids is 1. The van der Waals surface area contributed by atoms with Gasteiger partial charge in [-0.3, -0.25) is 4.79 Å². The number of rotatable bonds is 1. The van der Waals surface area contributed by atoms with Crippen molar-refractivity contribution in [3.63, 3.8) is 0 Å². The van der Waals surface area contributed by atoms with Gasteiger partial charge in [0, 0.05) is 31.1 Å². The number of aliphatic hydroxyl groups excluding tert-OH is 1. The Morgan fingerprint density at radius 2 is 2.14 bits per heavy atom. The molecule has 2 fully saturated rings. The Morgan fingerprint density at radius 3 is 2.71 bits per heavy atom. The highest BCUT2D eigenvalue weighted by atomic mass is 32.2. The van der Waals surface area contributed by atoms with Crippen LogP contribution in [0, 0.1) is 0 Å². The van der Waals surface area contributed by atoms with E-state index in [0.717, 1.165) is 24.6 Å². The van der Waals surface area contributed by atoms with E-state index in [1.807, 2.05) is 16.7 Å². The standard InChI is InChI=1S/C9H16N2O2S/c12-7-5-8(10-6-7)9(13)11-1-3-14-4-2-11/h7-8,10,12H,1-6H2. The first-order chi connectivity index (χ1) is 6.77. The smallest absolute Gasteiger partial charge is 0.239 e. The topological polar surface area (TPSA) is 52.6 Å². The molecule has 0 aromatic heterocycles. The summed E-state index contributed by atoms with van der Waals surface area (Å²) in [7, 11) is 0. The van der Waals surface area contributed by atoms with E-state index in [9.17, 15) is 9.90 Å². The lowest BCUT2D eigenvalue weighted by atomic mass is 10.2. The van der Waals surface area contributed by atoms with Gasteiger partial charge < -0.3 is 15.3 Å². The van der Waals surface area contributed by atoms with E-state index in [0.29, 0.717) is 13.0 Å². The molecule has 0 radical (unpaired) electrons. The zero-order chi connectivity index (χ0) is 9.97. The fourth-order valence-corrected chi connectivity index (χ4v) is 2.81. The number of carbonyl (C=O) groups is 1. The van der Waals surface area contributed by atoms with Gasteiger partial charge in [0.15, 0.2) is 0 Å². The SMILES string of the molecule is O=C(C1CC(O)CN1)N1CCSCC1. The van der Waals surface area contributed by atoms with Crippen molar-refractivity contribution in [2.45, 2.75) is 18.6 Å². The molecule has 4 nitrogen and oxygen atoms in total. The highest BCUT2D eigenvalue weighted by Gasteiger charge is 2.31. The van der Waals surface area contributed by atoms with Gasteiger partial charge in [0.1, 0.15) is 0 Å². The van der Waals surface area contributed by atoms with Crippen molar-refractivity contribution in [2.75, 3.05) is 31.1 Å². The number of hydrogen-bond acceptors (Lipinski definition) is 4. The zero-order valence-electron chi connectivity index (χ0n) is 8.11. The molecule has 2 rings (SSSR count). The van der Waals surface area contributed by atoms with Crippen LogP contribution in [0.15, 0.2) is 0 Å². The number of nitrogens with zero attached hydrogens (tertiary/aromatic N) is 1. The fraction of sp³-hybridized carbons (Fsp3) is 0.889. The number of aliphatic hydroxyl groups is 1. The van der Waals surface area contributed by atoms with Crippen LogP contribution in [0.25, 0.3) is 0 Å². The van der Waals surface area contributed by atoms with Crippen molar-refractivity contribution >= 4 is 17.7 Å². The summed E-state index contributed by atoms with van der Waals surface area (Å²) in [6.45, 7) is 2.27. The van der Waals surface area contributed by atoms with Crippen LogP contribution in [0.2, 0.25) is 0 Å². The van der Waals surface area contributed by atoms with E-state index in [1.165, 1.54) is 0 Å². The summed E-state index contributed by atoms with van der Waals surface area (Å²) in [5.41, 5.74) is 0. The van der Waals surface area contributed by atoms with E-state index in [2.05, 4.69) is 5.32 Å². The lowest BCUT2D eigenvalue weighted by Gasteiger charge is -2.28. The summed E-state index contributed by atoms with van der Waals surface area (Å²) in [6.07, 6.45) is 0.228. The van der Waals surface area contributed by atoms with E-state index >= 15 is 0 Å². The Morgan fingerprint density at radius 1 is 1.43 bits per heavy atom. The number of nitrogens with one attached hydrogen (secondary N) is 1. The number of amides is 1. The molecule has 0 saturated carbocycles. The second-order valence-corrected chi connectivity index (χ2v) is 5.01. The maximum Gasteiger partial charge on any atom is 0.239 e. The van der Waals surface area contributed by atoms with Crippen molar-refractivity contribution in [1.82, 2.24) is 10.2 Å². The summed E-state index contributed by atoms with van der Waals surface area (Å²) in [4.78, 5) is 13.8. The van der Waals surface area contributed by atoms with Crippen LogP contribution >= 0.6 is 11.8 Å². The highest BCUT2D eigenvalue weighted by Crippen LogP contribution is 2.14. The second-order valence-electron chi connectivity index (χ2n) is 3.79. The van der Waals surface area contributed by atoms with Gasteiger partial charge in [-0.15, -0.1) is 0 Å². The molecular formula is C9H16N2O2S. The largest absolute Gasteiger partial charge is 0.392 e. The lowest BCUT2D eigenvalue weighted by Crippen LogP contribution is -2.46. The lowest BCUT2D eigenvalue weighted by molar-refractivity contribution is -0.132. The summed E-state index contributed by atoms with van der Waals surface area (Å²) < 4.78 is 0. The van der Waals surface area contributed by atoms with Gasteiger partial charge in [-0.05, 0) is 6.42 Å². The van der Waals surface area contributed by atoms with Gasteiger partial charge in [0.2, 0.25) is 5.91 Å². The maximum absolute atomic E-state index is 11.9. The molecule has 5 heteroatoms. The molecular weight excluding hydrogens is 200 g/mol. The van der Waals surface area contributed by atoms with Crippen LogP contribution in [-0.4, -0.2) is 59.2 Å². The van der Waals surface area contributed by atoms with Gasteiger partial charge in [0.05, 0.1) is 12.1 Å². The fourth-order valence-electron chi connectivity index (χ4n) is 1.91. The molecule has 1 amide bonds. The maximum atomic E-state index is 11.9. The molecule has 2 N–H and O–H groups in total. The minimum absolute atomic E-state index is 0.145. The Balaban J connectivity index is 1.87. The third kappa shape index (κ3) is 2.21. The molecule has 0 aromatic carbocycles. The Hall–Kier alpha value is -0.260. The van der Waals surface area contributed by atoms with Crippen molar-refractivity contribution < 1.29 is 9.90 Å². The first-order valence-electron chi connectivity index (χ1n) is 5.05. The van der Waals surface area contributed by atoms with E-state index in [4.69, 9.17) is 0 Å². The molecule has 0 aliphatic carbocycles. The van der Waals surface area contributed by atoms with E-state index < -0.39 is 0 Å². The predicted molar refractivity (Wildman–Crippen MR) is 56.3 cm³/mol. The highest BCUT2D eigenvalue weighted by molar-refractivity contribution is 7.99. The van der Waals surface area contributed by atoms with Crippen molar-refractivity contribution in [2.24, 2.45) is 0 Å². The summed E-state index contributed by atoms with van der Waals surface area (Å²) in [5, 5.41) is 12.4. The Labute approximate surface area is 88.0 Å². The van der Waals surface area contributed by atoms with Crippen LogP contribution in [0.5, 0.6) is 0 Å². The van der Waals surface area contributed by atoms with Gasteiger partial charge in [-0.25, -0.2) is 0 Å². The summed E-state index contributed by atoms with van der Waals surface area (Å²) in [5.74, 6) is 2.25. The molecule has 80 valence electrons. The van der Waals surface area contributed by atoms with Crippen LogP contribution in [0.4, 0.5) is 0 Å². The van der Waals surface area contributed by atoms with Gasteiger partial charge >= 0.3 is 0 Å². The molecule has 2 atom stereocenters. The minimum atomic E-state index is -0.344. The number of β-amino-alcohol motifs (C(OH)–C–C–N with tert-alkyl or cyclic N) is 1. The normalized spacial score (nSPS) is 33.4. The third-order valence-corrected chi connectivity index (χ3v) is 3.67. The Kier molecular flexibility index (Phi) is 3.30. The first-order valence-corrected chi connectivity index (χ1v) is 6.21. The van der Waals surface area contributed by atoms with Crippen molar-refractivity contribution in [3.05, 3.63) is 0 Å². The van der Waals surface area contributed by atoms with Gasteiger partial charge in [-0.2, -0.15) is 11.8 Å². The van der Waals surface area contributed by atoms with Crippen LogP contribution < -0.4 is 5.32 Å². The molecule has 2 aliphatic heterocycles. The molecule has 2 heterocycles. The number of hydrogen-bond donors (Lipinski definition) is 2. The predicted octanol–water partition coefficient (Wildman–Crippen LogP) is -0.715. The quantitative estimate of drug-likeness (QED) is 0.608. The average molecular weight is 216 g/mol. The molecule has 0 spiro atoms. The first kappa shape index (κ1) is 10.3. The molecule has 0 aromatic rings. The van der Waals surface area contributed by atoms with Crippen LogP contribution in [0.1, 0.15) is 6.42 Å². The van der Waals surface area contributed by atoms with Crippen molar-refractivity contribution in [3.8, 4) is 0 Å². The summed E-state index contributed by atoms with van der Waals surface area (Å²) >= 11 is 1.90. The molecule has 14 heavy (non-hydrogen) atoms. The molecule has 2 aliphatic rings. The van der Waals surface area contributed by atoms with Crippen LogP contribution in [-0.2, 0) is 4.79 Å². The van der Waals surface area contributed by atoms with E-state index in [-0.39, 0.29) is 18.1 Å². The minimum Gasteiger partial charge on any atom is -0.392 e. The van der Waals surface area contributed by atoms with Crippen molar-refractivity contribution in [1.29, 1.82) is 0 Å². The van der Waals surface area contributed by atoms with E-state index in [1.54, 1.807) is 0 Å². The van der Waals surface area contributed by atoms with Gasteiger partial charge in [-0.1, -0.05) is 0 Å². The van der Waals surface area contributed by atoms with Crippen LogP contribution in [0.3, 0.4) is 0 Å². The molecule has 2 unspecified atom stereocenters. The monoisotopic (exact) mass is 216 g/mol. The second kappa shape index (κ2) is 4.51. The van der Waals surface area contributed by atoms with Gasteiger partial charge in [0.25, 0.3) is 0 Å². The molecule has 2 saturated heterocycles. The zero-order valence-corrected chi connectivity index (χ0v) is 8.92. The summed E-state index contributed by atoms with van der Waals surface area (Å²) in [6, 6.07) is -0.145. The average Bonchev–Trinajstić information content (AvgIpc) is 2.65. The molecule has 0 bridgehead atoms. The number of thioether (sulfide) groups is 1.